The number of nitro groups is 1. The van der Waals surface area contributed by atoms with Gasteiger partial charge in [-0.05, 0) is 30.7 Å². The second kappa shape index (κ2) is 8.55. The number of aryl methyl sites for hydroxylation is 1. The van der Waals surface area contributed by atoms with Gasteiger partial charge in [0.2, 0.25) is 5.91 Å². The van der Waals surface area contributed by atoms with Gasteiger partial charge in [0.15, 0.2) is 6.61 Å². The number of alkyl halides is 3. The molecule has 0 aromatic heterocycles. The van der Waals surface area contributed by atoms with E-state index < -0.39 is 36.0 Å². The Hall–Kier alpha value is -3.37. The SMILES string of the molecule is Cc1ccc(NC(=O)CNc2cc(F)ccc2OCC(F)(F)F)c([N+](=O)[O-])c1. The number of benzene rings is 2. The minimum Gasteiger partial charge on any atom is -0.482 e. The Labute approximate surface area is 156 Å². The first kappa shape index (κ1) is 20.9. The van der Waals surface area contributed by atoms with Gasteiger partial charge < -0.3 is 15.4 Å². The Morgan fingerprint density at radius 1 is 1.18 bits per heavy atom. The quantitative estimate of drug-likeness (QED) is 0.415. The Balaban J connectivity index is 2.07. The molecule has 0 radical (unpaired) electrons. The summed E-state index contributed by atoms with van der Waals surface area (Å²) in [5.74, 6) is -1.78. The molecule has 28 heavy (non-hydrogen) atoms. The van der Waals surface area contributed by atoms with E-state index >= 15 is 0 Å². The van der Waals surface area contributed by atoms with Gasteiger partial charge in [-0.2, -0.15) is 13.2 Å². The first-order chi connectivity index (χ1) is 13.0. The molecule has 0 heterocycles. The number of hydrogen-bond acceptors (Lipinski definition) is 5. The zero-order chi connectivity index (χ0) is 20.9. The molecule has 2 aromatic rings. The predicted molar refractivity (Wildman–Crippen MR) is 92.9 cm³/mol. The van der Waals surface area contributed by atoms with Gasteiger partial charge in [0, 0.05) is 12.1 Å². The number of anilines is 2. The maximum atomic E-state index is 13.4. The van der Waals surface area contributed by atoms with Crippen LogP contribution in [-0.4, -0.2) is 30.2 Å². The topological polar surface area (TPSA) is 93.5 Å². The van der Waals surface area contributed by atoms with Crippen LogP contribution in [0.5, 0.6) is 5.75 Å². The summed E-state index contributed by atoms with van der Waals surface area (Å²) < 4.78 is 54.9. The van der Waals surface area contributed by atoms with E-state index in [0.29, 0.717) is 5.56 Å². The van der Waals surface area contributed by atoms with E-state index in [1.165, 1.54) is 12.1 Å². The molecule has 2 rings (SSSR count). The van der Waals surface area contributed by atoms with E-state index in [2.05, 4.69) is 15.4 Å². The minimum atomic E-state index is -4.59. The predicted octanol–water partition coefficient (Wildman–Crippen LogP) is 4.03. The summed E-state index contributed by atoms with van der Waals surface area (Å²) in [7, 11) is 0. The van der Waals surface area contributed by atoms with Gasteiger partial charge in [-0.15, -0.1) is 0 Å². The fraction of sp³-hybridized carbons (Fsp3) is 0.235. The van der Waals surface area contributed by atoms with Crippen molar-refractivity contribution in [3.05, 3.63) is 57.9 Å². The number of nitrogens with zero attached hydrogens (tertiary/aromatic N) is 1. The largest absolute Gasteiger partial charge is 0.482 e. The zero-order valence-corrected chi connectivity index (χ0v) is 14.5. The molecule has 0 atom stereocenters. The molecule has 1 amide bonds. The third-order valence-corrected chi connectivity index (χ3v) is 3.40. The molecule has 0 aliphatic carbocycles. The molecule has 2 N–H and O–H groups in total. The van der Waals surface area contributed by atoms with Gasteiger partial charge in [-0.1, -0.05) is 6.07 Å². The molecule has 0 fully saturated rings. The lowest BCUT2D eigenvalue weighted by Gasteiger charge is -2.14. The maximum Gasteiger partial charge on any atom is 0.422 e. The highest BCUT2D eigenvalue weighted by Crippen LogP contribution is 2.28. The van der Waals surface area contributed by atoms with Gasteiger partial charge >= 0.3 is 6.18 Å². The van der Waals surface area contributed by atoms with Crippen LogP contribution in [0.2, 0.25) is 0 Å². The normalized spacial score (nSPS) is 11.0. The number of amides is 1. The molecule has 0 bridgehead atoms. The van der Waals surface area contributed by atoms with Gasteiger partial charge in [-0.3, -0.25) is 14.9 Å². The highest BCUT2D eigenvalue weighted by molar-refractivity contribution is 5.96. The van der Waals surface area contributed by atoms with Crippen LogP contribution in [0.15, 0.2) is 36.4 Å². The van der Waals surface area contributed by atoms with Gasteiger partial charge in [0.25, 0.3) is 5.69 Å². The summed E-state index contributed by atoms with van der Waals surface area (Å²) in [6, 6.07) is 6.96. The number of ether oxygens (including phenoxy) is 1. The first-order valence-corrected chi connectivity index (χ1v) is 7.83. The molecule has 2 aromatic carbocycles. The van der Waals surface area contributed by atoms with Gasteiger partial charge in [0.1, 0.15) is 17.3 Å². The van der Waals surface area contributed by atoms with E-state index in [1.54, 1.807) is 13.0 Å². The molecule has 0 aliphatic heterocycles. The van der Waals surface area contributed by atoms with Gasteiger partial charge in [-0.25, -0.2) is 4.39 Å². The van der Waals surface area contributed by atoms with E-state index in [-0.39, 0.29) is 22.8 Å². The van der Waals surface area contributed by atoms with Crippen LogP contribution in [0.25, 0.3) is 0 Å². The highest BCUT2D eigenvalue weighted by Gasteiger charge is 2.29. The number of halogens is 4. The maximum absolute atomic E-state index is 13.4. The molecule has 0 saturated heterocycles. The number of rotatable bonds is 7. The third-order valence-electron chi connectivity index (χ3n) is 3.40. The fourth-order valence-corrected chi connectivity index (χ4v) is 2.19. The van der Waals surface area contributed by atoms with Crippen LogP contribution in [0.3, 0.4) is 0 Å². The van der Waals surface area contributed by atoms with Crippen LogP contribution in [0.1, 0.15) is 5.56 Å². The van der Waals surface area contributed by atoms with Crippen LogP contribution in [0, 0.1) is 22.9 Å². The van der Waals surface area contributed by atoms with Crippen molar-refractivity contribution >= 4 is 23.0 Å². The number of hydrogen-bond donors (Lipinski definition) is 2. The molecule has 0 spiro atoms. The van der Waals surface area contributed by atoms with E-state index in [9.17, 15) is 32.5 Å². The monoisotopic (exact) mass is 401 g/mol. The highest BCUT2D eigenvalue weighted by atomic mass is 19.4. The second-order valence-corrected chi connectivity index (χ2v) is 5.72. The second-order valence-electron chi connectivity index (χ2n) is 5.72. The van der Waals surface area contributed by atoms with E-state index in [0.717, 1.165) is 18.2 Å². The molecule has 0 unspecified atom stereocenters. The lowest BCUT2D eigenvalue weighted by molar-refractivity contribution is -0.384. The van der Waals surface area contributed by atoms with Crippen molar-refractivity contribution in [3.63, 3.8) is 0 Å². The molecule has 0 saturated carbocycles. The molecular formula is C17H15F4N3O4. The summed E-state index contributed by atoms with van der Waals surface area (Å²) in [6.45, 7) is -0.432. The Kier molecular flexibility index (Phi) is 6.39. The van der Waals surface area contributed by atoms with Crippen molar-refractivity contribution in [1.29, 1.82) is 0 Å². The number of nitrogens with one attached hydrogen (secondary N) is 2. The molecule has 150 valence electrons. The average molecular weight is 401 g/mol. The Bertz CT molecular complexity index is 887. The summed E-state index contributed by atoms with van der Waals surface area (Å²) in [5, 5.41) is 15.8. The Morgan fingerprint density at radius 3 is 2.54 bits per heavy atom. The van der Waals surface area contributed by atoms with Crippen LogP contribution >= 0.6 is 0 Å². The Morgan fingerprint density at radius 2 is 1.89 bits per heavy atom. The molecule has 11 heteroatoms. The summed E-state index contributed by atoms with van der Waals surface area (Å²) in [5.41, 5.74) is 0.0929. The van der Waals surface area contributed by atoms with E-state index in [4.69, 9.17) is 0 Å². The van der Waals surface area contributed by atoms with Gasteiger partial charge in [0.05, 0.1) is 17.2 Å². The van der Waals surface area contributed by atoms with Crippen molar-refractivity contribution in [2.24, 2.45) is 0 Å². The van der Waals surface area contributed by atoms with E-state index in [1.807, 2.05) is 0 Å². The lowest BCUT2D eigenvalue weighted by atomic mass is 10.2. The number of carbonyl (C=O) groups is 1. The summed E-state index contributed by atoms with van der Waals surface area (Å²) in [4.78, 5) is 22.4. The van der Waals surface area contributed by atoms with Crippen molar-refractivity contribution in [3.8, 4) is 5.75 Å². The third kappa shape index (κ3) is 6.11. The smallest absolute Gasteiger partial charge is 0.422 e. The summed E-state index contributed by atoms with van der Waals surface area (Å²) >= 11 is 0. The van der Waals surface area contributed by atoms with Crippen LogP contribution in [0.4, 0.5) is 34.6 Å². The fourth-order valence-electron chi connectivity index (χ4n) is 2.19. The minimum absolute atomic E-state index is 0.0461. The number of nitro benzene ring substituents is 1. The van der Waals surface area contributed by atoms with Crippen LogP contribution in [-0.2, 0) is 4.79 Å². The average Bonchev–Trinajstić information content (AvgIpc) is 2.59. The zero-order valence-electron chi connectivity index (χ0n) is 14.5. The van der Waals surface area contributed by atoms with Crippen molar-refractivity contribution in [1.82, 2.24) is 0 Å². The first-order valence-electron chi connectivity index (χ1n) is 7.83. The lowest BCUT2D eigenvalue weighted by Crippen LogP contribution is -2.23. The molecular weight excluding hydrogens is 386 g/mol. The standard InChI is InChI=1S/C17H15F4N3O4/c1-10-2-4-12(14(6-10)24(26)27)23-16(25)8-22-13-7-11(18)3-5-15(13)28-9-17(19,20)21/h2-7,22H,8-9H2,1H3,(H,23,25). The molecule has 0 aliphatic rings. The molecule has 7 nitrogen and oxygen atoms in total. The summed E-state index contributed by atoms with van der Waals surface area (Å²) in [6.07, 6.45) is -4.59. The van der Waals surface area contributed by atoms with Crippen LogP contribution < -0.4 is 15.4 Å². The van der Waals surface area contributed by atoms with Crippen molar-refractivity contribution < 1.29 is 32.0 Å². The number of carbonyl (C=O) groups excluding carboxylic acids is 1. The van der Waals surface area contributed by atoms with Crippen molar-refractivity contribution in [2.75, 3.05) is 23.8 Å². The van der Waals surface area contributed by atoms with Crippen molar-refractivity contribution in [2.45, 2.75) is 13.1 Å².